The standard InChI is InChI=1S/C28H23Cl2FN4O4/c1-39-19-8-10-23(22(31)14-19)35-25(26(36)32-15-17-5-3-2-4-6-17)24-16-33(11-12-34(24)28(35)38)27(37)18-7-9-20(29)21(30)13-18/h2-10,13-14H,11-12,15-16H2,1H3,(H,32,36). The average Bonchev–Trinajstić information content (AvgIpc) is 3.24. The van der Waals surface area contributed by atoms with Crippen LogP contribution in [0.2, 0.25) is 10.0 Å². The Kier molecular flexibility index (Phi) is 7.45. The molecule has 0 saturated heterocycles. The Balaban J connectivity index is 1.56. The second-order valence-electron chi connectivity index (χ2n) is 8.91. The largest absolute Gasteiger partial charge is 0.497 e. The molecule has 0 unspecified atom stereocenters. The summed E-state index contributed by atoms with van der Waals surface area (Å²) in [5.41, 5.74) is 0.721. The molecule has 0 radical (unpaired) electrons. The van der Waals surface area contributed by atoms with E-state index in [-0.39, 0.29) is 54.2 Å². The normalized spacial score (nSPS) is 12.7. The van der Waals surface area contributed by atoms with Gasteiger partial charge in [0.2, 0.25) is 0 Å². The Morgan fingerprint density at radius 2 is 1.77 bits per heavy atom. The number of imidazole rings is 1. The summed E-state index contributed by atoms with van der Waals surface area (Å²) in [6, 6.07) is 17.8. The van der Waals surface area contributed by atoms with Crippen LogP contribution < -0.4 is 15.7 Å². The van der Waals surface area contributed by atoms with E-state index in [0.717, 1.165) is 16.2 Å². The third kappa shape index (κ3) is 5.15. The molecule has 2 heterocycles. The smallest absolute Gasteiger partial charge is 0.333 e. The lowest BCUT2D eigenvalue weighted by Gasteiger charge is -2.28. The van der Waals surface area contributed by atoms with Crippen molar-refractivity contribution < 1.29 is 18.7 Å². The fraction of sp³-hybridized carbons (Fsp3) is 0.179. The fourth-order valence-corrected chi connectivity index (χ4v) is 4.86. The quantitative estimate of drug-likeness (QED) is 0.366. The number of benzene rings is 3. The zero-order chi connectivity index (χ0) is 27.7. The van der Waals surface area contributed by atoms with E-state index in [0.29, 0.717) is 16.3 Å². The van der Waals surface area contributed by atoms with Gasteiger partial charge in [-0.05, 0) is 35.9 Å². The molecular weight excluding hydrogens is 546 g/mol. The molecule has 0 spiro atoms. The maximum absolute atomic E-state index is 15.2. The van der Waals surface area contributed by atoms with E-state index in [4.69, 9.17) is 27.9 Å². The number of nitrogens with zero attached hydrogens (tertiary/aromatic N) is 3. The maximum atomic E-state index is 15.2. The minimum Gasteiger partial charge on any atom is -0.497 e. The minimum absolute atomic E-state index is 0.0484. The minimum atomic E-state index is -0.736. The number of rotatable bonds is 6. The van der Waals surface area contributed by atoms with Gasteiger partial charge < -0.3 is 15.0 Å². The van der Waals surface area contributed by atoms with Crippen LogP contribution in [-0.2, 0) is 19.6 Å². The topological polar surface area (TPSA) is 85.6 Å². The van der Waals surface area contributed by atoms with Gasteiger partial charge in [-0.1, -0.05) is 53.5 Å². The first kappa shape index (κ1) is 26.5. The number of amides is 2. The summed E-state index contributed by atoms with van der Waals surface area (Å²) in [6.45, 7) is 0.458. The molecule has 1 aliphatic rings. The summed E-state index contributed by atoms with van der Waals surface area (Å²) in [5, 5.41) is 3.38. The van der Waals surface area contributed by atoms with Crippen molar-refractivity contribution >= 4 is 35.0 Å². The van der Waals surface area contributed by atoms with E-state index in [2.05, 4.69) is 5.32 Å². The van der Waals surface area contributed by atoms with Crippen LogP contribution in [0, 0.1) is 5.82 Å². The van der Waals surface area contributed by atoms with Crippen molar-refractivity contribution in [3.63, 3.8) is 0 Å². The van der Waals surface area contributed by atoms with Gasteiger partial charge in [0.05, 0.1) is 35.1 Å². The van der Waals surface area contributed by atoms with Gasteiger partial charge in [-0.2, -0.15) is 0 Å². The lowest BCUT2D eigenvalue weighted by atomic mass is 10.1. The van der Waals surface area contributed by atoms with E-state index in [1.807, 2.05) is 30.3 Å². The van der Waals surface area contributed by atoms with Gasteiger partial charge in [-0.15, -0.1) is 0 Å². The van der Waals surface area contributed by atoms with Crippen LogP contribution in [0.1, 0.15) is 32.1 Å². The number of ether oxygens (including phenoxy) is 1. The van der Waals surface area contributed by atoms with Crippen LogP contribution in [-0.4, -0.2) is 39.5 Å². The lowest BCUT2D eigenvalue weighted by Crippen LogP contribution is -2.41. The predicted octanol–water partition coefficient (Wildman–Crippen LogP) is 4.68. The van der Waals surface area contributed by atoms with Crippen LogP contribution in [0.25, 0.3) is 5.69 Å². The van der Waals surface area contributed by atoms with Crippen molar-refractivity contribution in [3.8, 4) is 11.4 Å². The molecule has 0 saturated carbocycles. The number of carbonyl (C=O) groups excluding carboxylic acids is 2. The number of methoxy groups -OCH3 is 1. The maximum Gasteiger partial charge on any atom is 0.333 e. The summed E-state index contributed by atoms with van der Waals surface area (Å²) in [5.74, 6) is -1.39. The molecule has 1 aliphatic heterocycles. The molecule has 200 valence electrons. The fourth-order valence-electron chi connectivity index (χ4n) is 4.56. The Hall–Kier alpha value is -4.08. The molecule has 0 atom stereocenters. The van der Waals surface area contributed by atoms with Crippen molar-refractivity contribution in [2.24, 2.45) is 0 Å². The van der Waals surface area contributed by atoms with Gasteiger partial charge in [0.15, 0.2) is 5.82 Å². The number of aromatic nitrogens is 2. The van der Waals surface area contributed by atoms with Crippen molar-refractivity contribution in [1.82, 2.24) is 19.4 Å². The highest BCUT2D eigenvalue weighted by atomic mass is 35.5. The zero-order valence-corrected chi connectivity index (χ0v) is 22.3. The summed E-state index contributed by atoms with van der Waals surface area (Å²) in [7, 11) is 1.40. The highest BCUT2D eigenvalue weighted by Gasteiger charge is 2.33. The summed E-state index contributed by atoms with van der Waals surface area (Å²) < 4.78 is 22.7. The van der Waals surface area contributed by atoms with Gasteiger partial charge >= 0.3 is 5.69 Å². The van der Waals surface area contributed by atoms with Gasteiger partial charge in [0.25, 0.3) is 11.8 Å². The van der Waals surface area contributed by atoms with E-state index >= 15 is 4.39 Å². The summed E-state index contributed by atoms with van der Waals surface area (Å²) in [4.78, 5) is 42.0. The van der Waals surface area contributed by atoms with E-state index in [1.54, 1.807) is 6.07 Å². The van der Waals surface area contributed by atoms with Crippen molar-refractivity contribution in [1.29, 1.82) is 0 Å². The molecule has 39 heavy (non-hydrogen) atoms. The Bertz CT molecular complexity index is 1630. The Labute approximate surface area is 233 Å². The van der Waals surface area contributed by atoms with Gasteiger partial charge in [0, 0.05) is 31.3 Å². The monoisotopic (exact) mass is 568 g/mol. The number of hydrogen-bond donors (Lipinski definition) is 1. The average molecular weight is 569 g/mol. The molecule has 11 heteroatoms. The Morgan fingerprint density at radius 1 is 1.00 bits per heavy atom. The van der Waals surface area contributed by atoms with Crippen molar-refractivity contribution in [3.05, 3.63) is 116 Å². The second-order valence-corrected chi connectivity index (χ2v) is 9.72. The van der Waals surface area contributed by atoms with Gasteiger partial charge in [-0.3, -0.25) is 18.7 Å². The molecule has 4 aromatic rings. The highest BCUT2D eigenvalue weighted by molar-refractivity contribution is 6.42. The molecule has 5 rings (SSSR count). The highest BCUT2D eigenvalue weighted by Crippen LogP contribution is 2.27. The number of hydrogen-bond acceptors (Lipinski definition) is 4. The molecule has 0 bridgehead atoms. The number of carbonyl (C=O) groups is 2. The zero-order valence-electron chi connectivity index (χ0n) is 20.8. The number of fused-ring (bicyclic) bond motifs is 1. The van der Waals surface area contributed by atoms with E-state index in [1.165, 1.54) is 40.8 Å². The summed E-state index contributed by atoms with van der Waals surface area (Å²) in [6.07, 6.45) is 0. The molecule has 0 aliphatic carbocycles. The van der Waals surface area contributed by atoms with Crippen molar-refractivity contribution in [2.45, 2.75) is 19.6 Å². The third-order valence-corrected chi connectivity index (χ3v) is 7.28. The first-order valence-corrected chi connectivity index (χ1v) is 12.8. The Morgan fingerprint density at radius 3 is 2.46 bits per heavy atom. The lowest BCUT2D eigenvalue weighted by molar-refractivity contribution is 0.0706. The van der Waals surface area contributed by atoms with Crippen LogP contribution in [0.4, 0.5) is 4.39 Å². The van der Waals surface area contributed by atoms with E-state index < -0.39 is 17.4 Å². The predicted molar refractivity (Wildman–Crippen MR) is 145 cm³/mol. The molecule has 2 amide bonds. The molecule has 1 aromatic heterocycles. The van der Waals surface area contributed by atoms with Crippen LogP contribution >= 0.6 is 23.2 Å². The molecular formula is C28H23Cl2FN4O4. The third-order valence-electron chi connectivity index (χ3n) is 6.54. The molecule has 8 nitrogen and oxygen atoms in total. The summed E-state index contributed by atoms with van der Waals surface area (Å²) >= 11 is 12.1. The first-order chi connectivity index (χ1) is 18.8. The van der Waals surface area contributed by atoms with E-state index in [9.17, 15) is 14.4 Å². The number of halogens is 3. The van der Waals surface area contributed by atoms with Gasteiger partial charge in [-0.25, -0.2) is 9.18 Å². The van der Waals surface area contributed by atoms with Crippen LogP contribution in [0.5, 0.6) is 5.75 Å². The number of nitrogens with one attached hydrogen (secondary N) is 1. The first-order valence-electron chi connectivity index (χ1n) is 12.0. The van der Waals surface area contributed by atoms with Crippen LogP contribution in [0.3, 0.4) is 0 Å². The molecule has 1 N–H and O–H groups in total. The second kappa shape index (κ2) is 11.0. The van der Waals surface area contributed by atoms with Crippen molar-refractivity contribution in [2.75, 3.05) is 13.7 Å². The van der Waals surface area contributed by atoms with Gasteiger partial charge in [0.1, 0.15) is 11.4 Å². The SMILES string of the molecule is COc1ccc(-n2c(C(=O)NCc3ccccc3)c3n(c2=O)CCN(C(=O)c2ccc(Cl)c(Cl)c2)C3)c(F)c1. The van der Waals surface area contributed by atoms with Crippen LogP contribution in [0.15, 0.2) is 71.5 Å². The molecule has 0 fully saturated rings. The molecule has 3 aromatic carbocycles.